The number of aromatic amines is 1. The van der Waals surface area contributed by atoms with Crippen LogP contribution in [0.2, 0.25) is 0 Å². The van der Waals surface area contributed by atoms with Crippen LogP contribution in [0, 0.1) is 11.7 Å². The second kappa shape index (κ2) is 8.18. The van der Waals surface area contributed by atoms with Crippen molar-refractivity contribution in [2.45, 2.75) is 31.7 Å². The van der Waals surface area contributed by atoms with Crippen LogP contribution in [0.5, 0.6) is 0 Å². The third-order valence-corrected chi connectivity index (χ3v) is 8.21. The van der Waals surface area contributed by atoms with E-state index in [-0.39, 0.29) is 23.3 Å². The molecular formula is C24H25FN4O2S. The van der Waals surface area contributed by atoms with Gasteiger partial charge in [0.15, 0.2) is 0 Å². The molecule has 6 nitrogen and oxygen atoms in total. The molecule has 0 radical (unpaired) electrons. The summed E-state index contributed by atoms with van der Waals surface area (Å²) in [4.78, 5) is 0. The topological polar surface area (TPSA) is 71.0 Å². The molecule has 0 amide bonds. The predicted octanol–water partition coefficient (Wildman–Crippen LogP) is 4.41. The number of rotatable bonds is 6. The van der Waals surface area contributed by atoms with Gasteiger partial charge in [0.1, 0.15) is 5.82 Å². The van der Waals surface area contributed by atoms with E-state index in [0.717, 1.165) is 35.0 Å². The predicted molar refractivity (Wildman–Crippen MR) is 123 cm³/mol. The van der Waals surface area contributed by atoms with Crippen LogP contribution in [-0.2, 0) is 22.3 Å². The van der Waals surface area contributed by atoms with Gasteiger partial charge in [-0.15, -0.1) is 0 Å². The van der Waals surface area contributed by atoms with Crippen molar-refractivity contribution in [3.05, 3.63) is 78.5 Å². The number of nitrogens with one attached hydrogen (secondary N) is 1. The van der Waals surface area contributed by atoms with Gasteiger partial charge in [-0.3, -0.25) is 5.10 Å². The number of nitrogens with zero attached hydrogens (tertiary/aromatic N) is 3. The van der Waals surface area contributed by atoms with E-state index in [0.29, 0.717) is 6.54 Å². The summed E-state index contributed by atoms with van der Waals surface area (Å²) >= 11 is 0. The molecule has 0 saturated carbocycles. The highest BCUT2D eigenvalue weighted by Gasteiger charge is 2.37. The van der Waals surface area contributed by atoms with Crippen molar-refractivity contribution in [1.29, 1.82) is 0 Å². The van der Waals surface area contributed by atoms with Crippen molar-refractivity contribution in [2.24, 2.45) is 5.92 Å². The molecule has 8 heteroatoms. The molecule has 2 unspecified atom stereocenters. The first-order valence-corrected chi connectivity index (χ1v) is 12.3. The molecule has 1 aliphatic rings. The molecule has 1 aliphatic heterocycles. The van der Waals surface area contributed by atoms with Gasteiger partial charge in [0.05, 0.1) is 11.9 Å². The Morgan fingerprint density at radius 3 is 2.78 bits per heavy atom. The van der Waals surface area contributed by atoms with Crippen LogP contribution in [0.25, 0.3) is 22.0 Å². The van der Waals surface area contributed by atoms with Crippen LogP contribution in [-0.4, -0.2) is 40.1 Å². The Hall–Kier alpha value is -2.97. The van der Waals surface area contributed by atoms with Crippen LogP contribution >= 0.6 is 0 Å². The molecule has 4 aromatic rings. The summed E-state index contributed by atoms with van der Waals surface area (Å²) in [6.45, 7) is 3.12. The van der Waals surface area contributed by atoms with Crippen LogP contribution < -0.4 is 0 Å². The first kappa shape index (κ1) is 20.9. The maximum atomic E-state index is 14.0. The fourth-order valence-corrected chi connectivity index (χ4v) is 6.61. The maximum absolute atomic E-state index is 14.0. The van der Waals surface area contributed by atoms with Crippen molar-refractivity contribution in [2.75, 3.05) is 6.54 Å². The Labute approximate surface area is 186 Å². The smallest absolute Gasteiger partial charge is 0.218 e. The molecule has 2 aromatic heterocycles. The largest absolute Gasteiger partial charge is 0.347 e. The van der Waals surface area contributed by atoms with Crippen molar-refractivity contribution in [3.8, 4) is 11.1 Å². The molecule has 0 spiro atoms. The number of benzene rings is 2. The van der Waals surface area contributed by atoms with E-state index in [4.69, 9.17) is 0 Å². The van der Waals surface area contributed by atoms with Crippen LogP contribution in [0.15, 0.2) is 67.1 Å². The van der Waals surface area contributed by atoms with Crippen LogP contribution in [0.4, 0.5) is 4.39 Å². The molecule has 2 aromatic carbocycles. The Kier molecular flexibility index (Phi) is 5.35. The molecule has 1 saturated heterocycles. The van der Waals surface area contributed by atoms with E-state index in [1.807, 2.05) is 13.1 Å². The average Bonchev–Trinajstić information content (AvgIpc) is 3.50. The molecule has 166 valence electrons. The zero-order valence-corrected chi connectivity index (χ0v) is 18.6. The average molecular weight is 453 g/mol. The third-order valence-electron chi connectivity index (χ3n) is 6.31. The zero-order chi connectivity index (χ0) is 22.3. The van der Waals surface area contributed by atoms with Gasteiger partial charge in [-0.1, -0.05) is 24.3 Å². The minimum absolute atomic E-state index is 0.105. The van der Waals surface area contributed by atoms with Crippen LogP contribution in [0.3, 0.4) is 0 Å². The quantitative estimate of drug-likeness (QED) is 0.471. The molecule has 2 atom stereocenters. The number of sulfonamides is 1. The number of hydrogen-bond acceptors (Lipinski definition) is 3. The number of H-pyrrole nitrogens is 1. The molecule has 1 fully saturated rings. The number of aromatic nitrogens is 3. The molecular weight excluding hydrogens is 427 g/mol. The zero-order valence-electron chi connectivity index (χ0n) is 17.8. The lowest BCUT2D eigenvalue weighted by Crippen LogP contribution is -2.35. The lowest BCUT2D eigenvalue weighted by atomic mass is 10.1. The van der Waals surface area contributed by atoms with Crippen molar-refractivity contribution in [3.63, 3.8) is 0 Å². The summed E-state index contributed by atoms with van der Waals surface area (Å²) in [5.74, 6) is -0.586. The molecule has 1 N–H and O–H groups in total. The van der Waals surface area contributed by atoms with Crippen molar-refractivity contribution in [1.82, 2.24) is 19.1 Å². The highest BCUT2D eigenvalue weighted by atomic mass is 32.2. The molecule has 0 bridgehead atoms. The highest BCUT2D eigenvalue weighted by molar-refractivity contribution is 7.88. The fourth-order valence-electron chi connectivity index (χ4n) is 4.75. The first-order valence-electron chi connectivity index (χ1n) is 10.7. The monoisotopic (exact) mass is 452 g/mol. The fraction of sp³-hybridized carbons (Fsp3) is 0.292. The second-order valence-electron chi connectivity index (χ2n) is 8.60. The Morgan fingerprint density at radius 2 is 2.00 bits per heavy atom. The number of fused-ring (bicyclic) bond motifs is 1. The van der Waals surface area contributed by atoms with E-state index >= 15 is 0 Å². The van der Waals surface area contributed by atoms with Crippen molar-refractivity contribution >= 4 is 20.9 Å². The van der Waals surface area contributed by atoms with Gasteiger partial charge in [-0.2, -0.15) is 9.40 Å². The second-order valence-corrected chi connectivity index (χ2v) is 10.5. The lowest BCUT2D eigenvalue weighted by Gasteiger charge is -2.21. The van der Waals surface area contributed by atoms with E-state index in [2.05, 4.69) is 45.2 Å². The van der Waals surface area contributed by atoms with Gasteiger partial charge in [-0.25, -0.2) is 12.8 Å². The number of halogens is 1. The standard InChI is InChI=1S/C24H25FN4O2S/c1-17-10-18(15-29(17)32(30,31)16-21-4-2-3-5-23(21)25)14-28-9-8-20-11-19(6-7-24(20)28)22-12-26-27-13-22/h2-9,11-13,17-18H,10,14-16H2,1H3,(H,26,27). The normalized spacial score (nSPS) is 19.7. The molecule has 32 heavy (non-hydrogen) atoms. The van der Waals surface area contributed by atoms with Crippen molar-refractivity contribution < 1.29 is 12.8 Å². The van der Waals surface area contributed by atoms with Gasteiger partial charge in [0, 0.05) is 53.6 Å². The summed E-state index contributed by atoms with van der Waals surface area (Å²) in [7, 11) is -3.59. The molecule has 3 heterocycles. The van der Waals surface area contributed by atoms with E-state index < -0.39 is 15.8 Å². The third kappa shape index (κ3) is 3.96. The Balaban J connectivity index is 1.32. The minimum Gasteiger partial charge on any atom is -0.347 e. The van der Waals surface area contributed by atoms with Gasteiger partial charge < -0.3 is 4.57 Å². The molecule has 0 aliphatic carbocycles. The summed E-state index contributed by atoms with van der Waals surface area (Å²) in [6, 6.07) is 14.4. The SMILES string of the molecule is CC1CC(Cn2ccc3cc(-c4cn[nH]c4)ccc32)CN1S(=O)(=O)Cc1ccccc1F. The minimum atomic E-state index is -3.59. The summed E-state index contributed by atoms with van der Waals surface area (Å²) in [6.07, 6.45) is 6.51. The first-order chi connectivity index (χ1) is 15.4. The summed E-state index contributed by atoms with van der Waals surface area (Å²) < 4.78 is 43.8. The maximum Gasteiger partial charge on any atom is 0.218 e. The van der Waals surface area contributed by atoms with Gasteiger partial charge >= 0.3 is 0 Å². The van der Waals surface area contributed by atoms with Crippen LogP contribution in [0.1, 0.15) is 18.9 Å². The lowest BCUT2D eigenvalue weighted by molar-refractivity contribution is 0.398. The summed E-state index contributed by atoms with van der Waals surface area (Å²) in [5.41, 5.74) is 3.48. The van der Waals surface area contributed by atoms with E-state index in [9.17, 15) is 12.8 Å². The Morgan fingerprint density at radius 1 is 1.16 bits per heavy atom. The van der Waals surface area contributed by atoms with E-state index in [1.54, 1.807) is 22.6 Å². The van der Waals surface area contributed by atoms with Gasteiger partial charge in [0.2, 0.25) is 10.0 Å². The highest BCUT2D eigenvalue weighted by Crippen LogP contribution is 2.31. The van der Waals surface area contributed by atoms with E-state index in [1.165, 1.54) is 12.1 Å². The Bertz CT molecular complexity index is 1350. The van der Waals surface area contributed by atoms with Gasteiger partial charge in [0.25, 0.3) is 0 Å². The number of hydrogen-bond donors (Lipinski definition) is 1. The molecule has 5 rings (SSSR count). The van der Waals surface area contributed by atoms with Gasteiger partial charge in [-0.05, 0) is 49.1 Å². The summed E-state index contributed by atoms with van der Waals surface area (Å²) in [5, 5.41) is 7.99.